The molecule has 186 valence electrons. The summed E-state index contributed by atoms with van der Waals surface area (Å²) in [6.45, 7) is 6.40. The van der Waals surface area contributed by atoms with E-state index in [0.29, 0.717) is 46.5 Å². The highest BCUT2D eigenvalue weighted by Gasteiger charge is 2.48. The molecule has 37 heavy (non-hydrogen) atoms. The Kier molecular flexibility index (Phi) is 6.74. The monoisotopic (exact) mass is 512 g/mol. The van der Waals surface area contributed by atoms with E-state index in [4.69, 9.17) is 9.47 Å². The van der Waals surface area contributed by atoms with Gasteiger partial charge in [-0.05, 0) is 42.8 Å². The van der Waals surface area contributed by atoms with Crippen LogP contribution in [0.5, 0.6) is 11.5 Å². The zero-order chi connectivity index (χ0) is 25.9. The number of carbonyl (C=O) groups excluding carboxylic acids is 2. The van der Waals surface area contributed by atoms with Crippen LogP contribution >= 0.6 is 11.3 Å². The van der Waals surface area contributed by atoms with Gasteiger partial charge in [-0.1, -0.05) is 66.5 Å². The molecule has 0 bridgehead atoms. The molecule has 7 nitrogen and oxygen atoms in total. The van der Waals surface area contributed by atoms with Crippen molar-refractivity contribution in [3.63, 3.8) is 0 Å². The maximum Gasteiger partial charge on any atom is 0.301 e. The SMILES string of the molecule is C=CCOc1cccc(C2C(=C(O)c3ccccc3)C(=O)C(=O)N2c2nc3ccc(OCC)cc3s2)c1. The van der Waals surface area contributed by atoms with E-state index >= 15 is 0 Å². The van der Waals surface area contributed by atoms with Gasteiger partial charge in [-0.15, -0.1) is 0 Å². The molecule has 2 heterocycles. The third-order valence-corrected chi connectivity index (χ3v) is 6.92. The van der Waals surface area contributed by atoms with Crippen LogP contribution < -0.4 is 14.4 Å². The summed E-state index contributed by atoms with van der Waals surface area (Å²) in [6, 6.07) is 20.4. The molecule has 0 radical (unpaired) electrons. The minimum absolute atomic E-state index is 0.00803. The first-order valence-corrected chi connectivity index (χ1v) is 12.6. The standard InChI is InChI=1S/C29H24N2O5S/c1-3-15-36-20-12-8-11-19(16-20)25-24(26(32)18-9-6-5-7-10-18)27(33)28(34)31(25)29-30-22-14-13-21(35-4-2)17-23(22)37-29/h3,5-14,16-17,25,32H,1,4,15H2,2H3. The van der Waals surface area contributed by atoms with E-state index in [1.165, 1.54) is 16.2 Å². The van der Waals surface area contributed by atoms with Crippen molar-refractivity contribution in [3.8, 4) is 11.5 Å². The van der Waals surface area contributed by atoms with Crippen molar-refractivity contribution < 1.29 is 24.2 Å². The first-order chi connectivity index (χ1) is 18.0. The Morgan fingerprint density at radius 3 is 2.59 bits per heavy atom. The smallest absolute Gasteiger partial charge is 0.301 e. The number of carbonyl (C=O) groups is 2. The molecular formula is C29H24N2O5S. The van der Waals surface area contributed by atoms with E-state index in [1.807, 2.05) is 31.2 Å². The van der Waals surface area contributed by atoms with E-state index in [9.17, 15) is 14.7 Å². The summed E-state index contributed by atoms with van der Waals surface area (Å²) in [5.74, 6) is -0.543. The summed E-state index contributed by atoms with van der Waals surface area (Å²) < 4.78 is 12.1. The Hall–Kier alpha value is -4.43. The van der Waals surface area contributed by atoms with Gasteiger partial charge in [-0.25, -0.2) is 4.98 Å². The lowest BCUT2D eigenvalue weighted by Gasteiger charge is -2.23. The Labute approximate surface area is 217 Å². The largest absolute Gasteiger partial charge is 0.507 e. The van der Waals surface area contributed by atoms with Gasteiger partial charge in [0.1, 0.15) is 23.9 Å². The van der Waals surface area contributed by atoms with Crippen LogP contribution in [0.15, 0.2) is 91.0 Å². The van der Waals surface area contributed by atoms with Crippen molar-refractivity contribution in [2.45, 2.75) is 13.0 Å². The second kappa shape index (κ2) is 10.3. The number of rotatable bonds is 8. The van der Waals surface area contributed by atoms with Crippen LogP contribution in [0.25, 0.3) is 16.0 Å². The molecule has 1 atom stereocenters. The average Bonchev–Trinajstić information content (AvgIpc) is 3.45. The number of aromatic nitrogens is 1. The summed E-state index contributed by atoms with van der Waals surface area (Å²) >= 11 is 1.28. The van der Waals surface area contributed by atoms with Crippen molar-refractivity contribution in [2.75, 3.05) is 18.1 Å². The third-order valence-electron chi connectivity index (χ3n) is 5.90. The van der Waals surface area contributed by atoms with Crippen LogP contribution in [0.3, 0.4) is 0 Å². The fourth-order valence-electron chi connectivity index (χ4n) is 4.28. The maximum atomic E-state index is 13.5. The first-order valence-electron chi connectivity index (χ1n) is 11.7. The van der Waals surface area contributed by atoms with E-state index in [-0.39, 0.29) is 11.3 Å². The zero-order valence-corrected chi connectivity index (χ0v) is 20.9. The molecule has 0 aliphatic carbocycles. The van der Waals surface area contributed by atoms with Crippen LogP contribution in [-0.4, -0.2) is 35.0 Å². The summed E-state index contributed by atoms with van der Waals surface area (Å²) in [4.78, 5) is 32.9. The molecule has 1 aliphatic heterocycles. The Bertz CT molecular complexity index is 1530. The van der Waals surface area contributed by atoms with Crippen molar-refractivity contribution in [1.82, 2.24) is 4.98 Å². The van der Waals surface area contributed by atoms with Gasteiger partial charge in [0.2, 0.25) is 0 Å². The Morgan fingerprint density at radius 1 is 1.05 bits per heavy atom. The number of aliphatic hydroxyl groups excluding tert-OH is 1. The fourth-order valence-corrected chi connectivity index (χ4v) is 5.30. The molecule has 1 saturated heterocycles. The number of ether oxygens (including phenoxy) is 2. The second-order valence-corrected chi connectivity index (χ2v) is 9.28. The fraction of sp³-hybridized carbons (Fsp3) is 0.138. The van der Waals surface area contributed by atoms with Crippen LogP contribution in [0.2, 0.25) is 0 Å². The molecule has 1 N–H and O–H groups in total. The predicted octanol–water partition coefficient (Wildman–Crippen LogP) is 5.89. The molecule has 8 heteroatoms. The zero-order valence-electron chi connectivity index (χ0n) is 20.1. The Balaban J connectivity index is 1.68. The molecule has 5 rings (SSSR count). The van der Waals surface area contributed by atoms with Crippen molar-refractivity contribution in [3.05, 3.63) is 102 Å². The lowest BCUT2D eigenvalue weighted by atomic mass is 9.95. The maximum absolute atomic E-state index is 13.5. The number of amides is 1. The van der Waals surface area contributed by atoms with Gasteiger partial charge in [0.15, 0.2) is 5.13 Å². The number of hydrogen-bond donors (Lipinski definition) is 1. The van der Waals surface area contributed by atoms with Crippen molar-refractivity contribution >= 4 is 44.1 Å². The summed E-state index contributed by atoms with van der Waals surface area (Å²) in [5.41, 5.74) is 1.71. The van der Waals surface area contributed by atoms with Gasteiger partial charge < -0.3 is 14.6 Å². The molecular weight excluding hydrogens is 488 g/mol. The van der Waals surface area contributed by atoms with E-state index in [2.05, 4.69) is 11.6 Å². The highest BCUT2D eigenvalue weighted by Crippen LogP contribution is 2.45. The summed E-state index contributed by atoms with van der Waals surface area (Å²) in [7, 11) is 0. The molecule has 0 saturated carbocycles. The van der Waals surface area contributed by atoms with Crippen LogP contribution in [0.1, 0.15) is 24.1 Å². The third kappa shape index (κ3) is 4.59. The van der Waals surface area contributed by atoms with Gasteiger partial charge in [-0.3, -0.25) is 14.5 Å². The molecule has 0 spiro atoms. The lowest BCUT2D eigenvalue weighted by molar-refractivity contribution is -0.132. The molecule has 4 aromatic rings. The van der Waals surface area contributed by atoms with Crippen molar-refractivity contribution in [2.24, 2.45) is 0 Å². The molecule has 1 amide bonds. The second-order valence-electron chi connectivity index (χ2n) is 8.27. The van der Waals surface area contributed by atoms with Crippen LogP contribution in [-0.2, 0) is 9.59 Å². The summed E-state index contributed by atoms with van der Waals surface area (Å²) in [5, 5.41) is 11.6. The molecule has 3 aromatic carbocycles. The Morgan fingerprint density at radius 2 is 1.84 bits per heavy atom. The molecule has 1 aromatic heterocycles. The number of fused-ring (bicyclic) bond motifs is 1. The van der Waals surface area contributed by atoms with Gasteiger partial charge in [-0.2, -0.15) is 0 Å². The lowest BCUT2D eigenvalue weighted by Crippen LogP contribution is -2.29. The number of ketones is 1. The number of benzene rings is 3. The van der Waals surface area contributed by atoms with Gasteiger partial charge in [0.05, 0.1) is 28.4 Å². The minimum Gasteiger partial charge on any atom is -0.507 e. The summed E-state index contributed by atoms with van der Waals surface area (Å²) in [6.07, 6.45) is 1.63. The van der Waals surface area contributed by atoms with Crippen LogP contribution in [0, 0.1) is 0 Å². The average molecular weight is 513 g/mol. The number of hydrogen-bond acceptors (Lipinski definition) is 7. The number of thiazole rings is 1. The van der Waals surface area contributed by atoms with E-state index < -0.39 is 17.7 Å². The van der Waals surface area contributed by atoms with Gasteiger partial charge in [0, 0.05) is 5.56 Å². The first kappa shape index (κ1) is 24.3. The number of anilines is 1. The van der Waals surface area contributed by atoms with Crippen LogP contribution in [0.4, 0.5) is 5.13 Å². The number of aliphatic hydroxyl groups is 1. The molecule has 1 unspecified atom stereocenters. The van der Waals surface area contributed by atoms with Gasteiger partial charge in [0.25, 0.3) is 5.78 Å². The minimum atomic E-state index is -0.903. The molecule has 1 fully saturated rings. The van der Waals surface area contributed by atoms with Crippen molar-refractivity contribution in [1.29, 1.82) is 0 Å². The highest BCUT2D eigenvalue weighted by atomic mass is 32.1. The quantitative estimate of drug-likeness (QED) is 0.137. The van der Waals surface area contributed by atoms with E-state index in [0.717, 1.165) is 4.70 Å². The predicted molar refractivity (Wildman–Crippen MR) is 144 cm³/mol. The number of Topliss-reactive ketones (excluding diaryl/α,β-unsaturated/α-hetero) is 1. The van der Waals surface area contributed by atoms with E-state index in [1.54, 1.807) is 54.6 Å². The topological polar surface area (TPSA) is 89.0 Å². The molecule has 1 aliphatic rings. The normalized spacial score (nSPS) is 16.8. The number of nitrogens with zero attached hydrogens (tertiary/aromatic N) is 2. The van der Waals surface area contributed by atoms with Gasteiger partial charge >= 0.3 is 5.91 Å². The highest BCUT2D eigenvalue weighted by molar-refractivity contribution is 7.22.